The van der Waals surface area contributed by atoms with Crippen LogP contribution in [0.15, 0.2) is 17.1 Å². The van der Waals surface area contributed by atoms with Crippen LogP contribution in [0.4, 0.5) is 0 Å². The van der Waals surface area contributed by atoms with Gasteiger partial charge >= 0.3 is 0 Å². The van der Waals surface area contributed by atoms with Crippen LogP contribution >= 0.6 is 0 Å². The zero-order valence-corrected chi connectivity index (χ0v) is 13.5. The van der Waals surface area contributed by atoms with Crippen LogP contribution < -0.4 is 5.56 Å². The van der Waals surface area contributed by atoms with Crippen LogP contribution in [0.3, 0.4) is 0 Å². The minimum absolute atomic E-state index is 0.0537. The van der Waals surface area contributed by atoms with Gasteiger partial charge in [-0.05, 0) is 31.2 Å². The van der Waals surface area contributed by atoms with E-state index in [4.69, 9.17) is 0 Å². The number of hydrogen-bond donors (Lipinski definition) is 0. The molecule has 0 bridgehead atoms. The molecule has 0 aromatic carbocycles. The highest BCUT2D eigenvalue weighted by atomic mass is 16.1. The molecule has 23 heavy (non-hydrogen) atoms. The third kappa shape index (κ3) is 3.06. The normalized spacial score (nSPS) is 18.7. The first-order valence-corrected chi connectivity index (χ1v) is 8.35. The second-order valence-corrected chi connectivity index (χ2v) is 6.79. The minimum Gasteiger partial charge on any atom is -0.297 e. The Morgan fingerprint density at radius 2 is 2.09 bits per heavy atom. The quantitative estimate of drug-likeness (QED) is 0.816. The molecule has 4 rings (SSSR count). The molecule has 0 amide bonds. The van der Waals surface area contributed by atoms with Crippen LogP contribution in [-0.2, 0) is 33.0 Å². The van der Waals surface area contributed by atoms with Crippen LogP contribution in [0.1, 0.15) is 29.8 Å². The lowest BCUT2D eigenvalue weighted by atomic mass is 9.96. The topological polar surface area (TPSA) is 68.8 Å². The van der Waals surface area contributed by atoms with Gasteiger partial charge in [-0.15, -0.1) is 5.10 Å². The molecule has 0 saturated carbocycles. The summed E-state index contributed by atoms with van der Waals surface area (Å²) in [6.45, 7) is 3.53. The summed E-state index contributed by atoms with van der Waals surface area (Å²) in [5.41, 5.74) is 3.34. The number of rotatable bonds is 4. The van der Waals surface area contributed by atoms with Crippen molar-refractivity contribution in [2.75, 3.05) is 13.1 Å². The summed E-state index contributed by atoms with van der Waals surface area (Å²) in [7, 11) is 1.88. The van der Waals surface area contributed by atoms with Crippen LogP contribution in [0.5, 0.6) is 0 Å². The van der Waals surface area contributed by atoms with Crippen molar-refractivity contribution in [1.82, 2.24) is 29.7 Å². The van der Waals surface area contributed by atoms with Gasteiger partial charge < -0.3 is 0 Å². The molecule has 0 spiro atoms. The van der Waals surface area contributed by atoms with Crippen LogP contribution in [0.25, 0.3) is 0 Å². The van der Waals surface area contributed by atoms with E-state index in [-0.39, 0.29) is 5.56 Å². The molecular weight excluding hydrogens is 292 g/mol. The molecule has 1 aliphatic heterocycles. The van der Waals surface area contributed by atoms with Crippen molar-refractivity contribution in [3.63, 3.8) is 0 Å². The predicted octanol–water partition coefficient (Wildman–Crippen LogP) is 0.383. The standard InChI is InChI=1S/C16H22N6O/c1-20-10-14(17-19-20)11-21-7-12(8-21)9-22-16(23)6-13-4-2-3-5-15(13)18-22/h6,10,12H,2-5,7-9,11H2,1H3. The lowest BCUT2D eigenvalue weighted by molar-refractivity contribution is 0.0751. The molecule has 2 aromatic rings. The molecule has 0 unspecified atom stereocenters. The van der Waals surface area contributed by atoms with Crippen LogP contribution in [0, 0.1) is 5.92 Å². The van der Waals surface area contributed by atoms with Gasteiger partial charge in [0, 0.05) is 44.9 Å². The van der Waals surface area contributed by atoms with E-state index in [9.17, 15) is 4.79 Å². The number of nitrogens with zero attached hydrogens (tertiary/aromatic N) is 6. The number of hydrogen-bond acceptors (Lipinski definition) is 5. The maximum Gasteiger partial charge on any atom is 0.267 e. The summed E-state index contributed by atoms with van der Waals surface area (Å²) in [5.74, 6) is 0.499. The number of fused-ring (bicyclic) bond motifs is 1. The fourth-order valence-corrected chi connectivity index (χ4v) is 3.59. The first-order chi connectivity index (χ1) is 11.2. The van der Waals surface area contributed by atoms with Gasteiger partial charge in [0.05, 0.1) is 17.9 Å². The summed E-state index contributed by atoms with van der Waals surface area (Å²) in [5, 5.41) is 12.7. The summed E-state index contributed by atoms with van der Waals surface area (Å²) >= 11 is 0. The molecule has 3 heterocycles. The summed E-state index contributed by atoms with van der Waals surface area (Å²) in [4.78, 5) is 14.5. The molecule has 2 aromatic heterocycles. The van der Waals surface area contributed by atoms with Gasteiger partial charge in [-0.2, -0.15) is 5.10 Å². The van der Waals surface area contributed by atoms with Crippen molar-refractivity contribution >= 4 is 0 Å². The van der Waals surface area contributed by atoms with Gasteiger partial charge in [-0.3, -0.25) is 14.4 Å². The number of likely N-dealkylation sites (tertiary alicyclic amines) is 1. The first kappa shape index (κ1) is 14.6. The van der Waals surface area contributed by atoms with Crippen molar-refractivity contribution in [3.8, 4) is 0 Å². The summed E-state index contributed by atoms with van der Waals surface area (Å²) < 4.78 is 3.40. The van der Waals surface area contributed by atoms with Crippen molar-refractivity contribution < 1.29 is 0 Å². The van der Waals surface area contributed by atoms with Gasteiger partial charge in [0.25, 0.3) is 5.56 Å². The van der Waals surface area contributed by atoms with Crippen molar-refractivity contribution in [2.45, 2.75) is 38.8 Å². The molecule has 1 fully saturated rings. The average molecular weight is 314 g/mol. The van der Waals surface area contributed by atoms with E-state index in [0.717, 1.165) is 56.0 Å². The van der Waals surface area contributed by atoms with E-state index in [2.05, 4.69) is 20.3 Å². The lowest BCUT2D eigenvalue weighted by Crippen LogP contribution is -2.49. The second-order valence-electron chi connectivity index (χ2n) is 6.79. The molecule has 0 radical (unpaired) electrons. The Morgan fingerprint density at radius 1 is 1.26 bits per heavy atom. The van der Waals surface area contributed by atoms with Gasteiger partial charge in [0.15, 0.2) is 0 Å². The van der Waals surface area contributed by atoms with E-state index >= 15 is 0 Å². The average Bonchev–Trinajstić information content (AvgIpc) is 2.91. The molecule has 1 saturated heterocycles. The van der Waals surface area contributed by atoms with Gasteiger partial charge in [0.2, 0.25) is 0 Å². The Morgan fingerprint density at radius 3 is 2.87 bits per heavy atom. The molecule has 0 atom stereocenters. The Balaban J connectivity index is 1.36. The zero-order valence-electron chi connectivity index (χ0n) is 13.5. The third-order valence-corrected chi connectivity index (χ3v) is 4.77. The van der Waals surface area contributed by atoms with E-state index in [0.29, 0.717) is 5.92 Å². The van der Waals surface area contributed by atoms with Gasteiger partial charge in [-0.1, -0.05) is 5.21 Å². The third-order valence-electron chi connectivity index (χ3n) is 4.77. The Bertz CT molecular complexity index is 758. The second kappa shape index (κ2) is 5.88. The zero-order chi connectivity index (χ0) is 15.8. The van der Waals surface area contributed by atoms with Crippen molar-refractivity contribution in [3.05, 3.63) is 39.6 Å². The Kier molecular flexibility index (Phi) is 3.72. The number of aryl methyl sites for hydroxylation is 3. The monoisotopic (exact) mass is 314 g/mol. The molecule has 7 nitrogen and oxygen atoms in total. The minimum atomic E-state index is 0.0537. The van der Waals surface area contributed by atoms with Crippen LogP contribution in [-0.4, -0.2) is 42.8 Å². The van der Waals surface area contributed by atoms with Gasteiger partial charge in [-0.25, -0.2) is 4.68 Å². The fraction of sp³-hybridized carbons (Fsp3) is 0.625. The number of aromatic nitrogens is 5. The first-order valence-electron chi connectivity index (χ1n) is 8.35. The smallest absolute Gasteiger partial charge is 0.267 e. The highest BCUT2D eigenvalue weighted by molar-refractivity contribution is 5.20. The van der Waals surface area contributed by atoms with Crippen molar-refractivity contribution in [2.24, 2.45) is 13.0 Å². The molecule has 0 N–H and O–H groups in total. The Labute approximate surface area is 134 Å². The molecular formula is C16H22N6O. The summed E-state index contributed by atoms with van der Waals surface area (Å²) in [6, 6.07) is 1.80. The SMILES string of the molecule is Cn1cc(CN2CC(Cn3nc4c(cc3=O)CCCC4)C2)nn1. The van der Waals surface area contributed by atoms with E-state index in [1.807, 2.05) is 13.2 Å². The van der Waals surface area contributed by atoms with E-state index in [1.54, 1.807) is 15.4 Å². The summed E-state index contributed by atoms with van der Waals surface area (Å²) in [6.07, 6.45) is 6.33. The fourth-order valence-electron chi connectivity index (χ4n) is 3.59. The molecule has 1 aliphatic carbocycles. The largest absolute Gasteiger partial charge is 0.297 e. The predicted molar refractivity (Wildman–Crippen MR) is 84.9 cm³/mol. The van der Waals surface area contributed by atoms with E-state index in [1.165, 1.54) is 12.8 Å². The maximum absolute atomic E-state index is 12.2. The highest BCUT2D eigenvalue weighted by Crippen LogP contribution is 2.20. The van der Waals surface area contributed by atoms with Gasteiger partial charge in [0.1, 0.15) is 0 Å². The lowest BCUT2D eigenvalue weighted by Gasteiger charge is -2.38. The molecule has 2 aliphatic rings. The molecule has 7 heteroatoms. The van der Waals surface area contributed by atoms with E-state index < -0.39 is 0 Å². The molecule has 122 valence electrons. The Hall–Kier alpha value is -2.02. The maximum atomic E-state index is 12.2. The van der Waals surface area contributed by atoms with Crippen molar-refractivity contribution in [1.29, 1.82) is 0 Å². The highest BCUT2D eigenvalue weighted by Gasteiger charge is 2.28. The van der Waals surface area contributed by atoms with Crippen LogP contribution in [0.2, 0.25) is 0 Å².